The number of amides is 5. The lowest BCUT2D eigenvalue weighted by Gasteiger charge is -2.51. The first-order valence-electron chi connectivity index (χ1n) is 14.3. The molecule has 2 aliphatic heterocycles. The molecule has 2 saturated heterocycles. The van der Waals surface area contributed by atoms with Gasteiger partial charge in [0.05, 0.1) is 5.69 Å². The molecule has 0 aliphatic carbocycles. The Morgan fingerprint density at radius 2 is 1.81 bits per heavy atom. The molecular weight excluding hydrogens is 548 g/mol. The zero-order valence-corrected chi connectivity index (χ0v) is 23.7. The Bertz CT molecular complexity index is 1270. The number of hydrogen-bond donors (Lipinski definition) is 3. The second-order valence-electron chi connectivity index (χ2n) is 10.6. The molecule has 2 heterocycles. The highest BCUT2D eigenvalue weighted by atomic mass is 19.1. The summed E-state index contributed by atoms with van der Waals surface area (Å²) in [6, 6.07) is 10.9. The number of likely N-dealkylation sites (tertiary alicyclic amines) is 1. The van der Waals surface area contributed by atoms with E-state index in [2.05, 4.69) is 16.0 Å². The van der Waals surface area contributed by atoms with Crippen LogP contribution in [-0.2, 0) is 20.9 Å². The Labute approximate surface area is 243 Å². The van der Waals surface area contributed by atoms with Gasteiger partial charge in [0.15, 0.2) is 0 Å². The predicted molar refractivity (Wildman–Crippen MR) is 151 cm³/mol. The molecular formula is C30H37F2N5O5. The zero-order valence-electron chi connectivity index (χ0n) is 23.7. The number of rotatable bonds is 10. The third-order valence-electron chi connectivity index (χ3n) is 7.71. The maximum absolute atomic E-state index is 14.0. The standard InChI is InChI=1S/C30H37F2N5O5/c1-2-16-37-26(38)24(10-6-7-15-33-29(41)42-20-21-8-4-3-5-9-21)34-27(39)30(37)13-17-36(18-14-30)28(40)35-25-19-22(31)11-12-23(25)32/h3-5,8-9,11-12,19,24H,2,6-7,10,13-18,20H2,1H3,(H,33,41)(H,34,39)(H,35,40)/t24-/m0/s1. The summed E-state index contributed by atoms with van der Waals surface area (Å²) in [6.07, 6.45) is 2.23. The summed E-state index contributed by atoms with van der Waals surface area (Å²) in [5, 5.41) is 7.99. The van der Waals surface area contributed by atoms with Gasteiger partial charge in [-0.25, -0.2) is 18.4 Å². The first-order valence-corrected chi connectivity index (χ1v) is 14.3. The van der Waals surface area contributed by atoms with E-state index in [-0.39, 0.29) is 50.0 Å². The molecule has 0 unspecified atom stereocenters. The highest BCUT2D eigenvalue weighted by Crippen LogP contribution is 2.34. The molecule has 2 aromatic carbocycles. The van der Waals surface area contributed by atoms with Crippen LogP contribution >= 0.6 is 0 Å². The molecule has 1 atom stereocenters. The minimum Gasteiger partial charge on any atom is -0.445 e. The molecule has 42 heavy (non-hydrogen) atoms. The largest absolute Gasteiger partial charge is 0.445 e. The van der Waals surface area contributed by atoms with E-state index >= 15 is 0 Å². The smallest absolute Gasteiger partial charge is 0.407 e. The number of urea groups is 1. The van der Waals surface area contributed by atoms with Crippen LogP contribution in [0.5, 0.6) is 0 Å². The van der Waals surface area contributed by atoms with E-state index in [0.717, 1.165) is 23.8 Å². The molecule has 2 fully saturated rings. The molecule has 2 aromatic rings. The highest BCUT2D eigenvalue weighted by molar-refractivity contribution is 6.00. The fourth-order valence-electron chi connectivity index (χ4n) is 5.42. The summed E-state index contributed by atoms with van der Waals surface area (Å²) < 4.78 is 32.7. The van der Waals surface area contributed by atoms with Gasteiger partial charge >= 0.3 is 12.1 Å². The van der Waals surface area contributed by atoms with Crippen LogP contribution in [0.1, 0.15) is 51.0 Å². The van der Waals surface area contributed by atoms with Crippen LogP contribution in [0.25, 0.3) is 0 Å². The van der Waals surface area contributed by atoms with Crippen molar-refractivity contribution in [3.8, 4) is 0 Å². The molecule has 0 saturated carbocycles. The molecule has 0 radical (unpaired) electrons. The summed E-state index contributed by atoms with van der Waals surface area (Å²) in [7, 11) is 0. The normalized spacial score (nSPS) is 18.0. The van der Waals surface area contributed by atoms with E-state index in [1.54, 1.807) is 4.90 Å². The average molecular weight is 586 g/mol. The van der Waals surface area contributed by atoms with Gasteiger partial charge < -0.3 is 30.5 Å². The van der Waals surface area contributed by atoms with Crippen molar-refractivity contribution in [2.24, 2.45) is 0 Å². The molecule has 5 amide bonds. The van der Waals surface area contributed by atoms with Crippen molar-refractivity contribution in [1.82, 2.24) is 20.4 Å². The topological polar surface area (TPSA) is 120 Å². The van der Waals surface area contributed by atoms with Crippen molar-refractivity contribution in [3.63, 3.8) is 0 Å². The number of nitrogens with zero attached hydrogens (tertiary/aromatic N) is 2. The van der Waals surface area contributed by atoms with Gasteiger partial charge in [-0.3, -0.25) is 9.59 Å². The zero-order chi connectivity index (χ0) is 30.1. The van der Waals surface area contributed by atoms with Crippen LogP contribution in [0.4, 0.5) is 24.1 Å². The Morgan fingerprint density at radius 1 is 1.07 bits per heavy atom. The minimum atomic E-state index is -1.07. The summed E-state index contributed by atoms with van der Waals surface area (Å²) >= 11 is 0. The fraction of sp³-hybridized carbons (Fsp3) is 0.467. The number of unbranched alkanes of at least 4 members (excludes halogenated alkanes) is 1. The lowest BCUT2D eigenvalue weighted by molar-refractivity contribution is -0.160. The van der Waals surface area contributed by atoms with E-state index < -0.39 is 35.3 Å². The van der Waals surface area contributed by atoms with Crippen molar-refractivity contribution in [1.29, 1.82) is 0 Å². The number of nitrogens with one attached hydrogen (secondary N) is 3. The third kappa shape index (κ3) is 7.34. The van der Waals surface area contributed by atoms with E-state index in [4.69, 9.17) is 4.74 Å². The number of carbonyl (C=O) groups is 4. The van der Waals surface area contributed by atoms with Crippen molar-refractivity contribution < 1.29 is 32.7 Å². The Hall–Kier alpha value is -4.22. The number of ether oxygens (including phenoxy) is 1. The number of anilines is 1. The molecule has 1 spiro atoms. The summed E-state index contributed by atoms with van der Waals surface area (Å²) in [5.41, 5.74) is -0.448. The summed E-state index contributed by atoms with van der Waals surface area (Å²) in [4.78, 5) is 54.7. The summed E-state index contributed by atoms with van der Waals surface area (Å²) in [6.45, 7) is 3.22. The first-order chi connectivity index (χ1) is 20.2. The van der Waals surface area contributed by atoms with Crippen molar-refractivity contribution >= 4 is 29.6 Å². The van der Waals surface area contributed by atoms with Crippen LogP contribution < -0.4 is 16.0 Å². The molecule has 3 N–H and O–H groups in total. The molecule has 2 aliphatic rings. The number of piperidine rings is 1. The van der Waals surface area contributed by atoms with Gasteiger partial charge in [0.1, 0.15) is 29.8 Å². The SMILES string of the molecule is CCCN1C(=O)[C@H](CCCCNC(=O)OCc2ccccc2)NC(=O)C12CCN(C(=O)Nc1cc(F)ccc1F)CC2. The van der Waals surface area contributed by atoms with Gasteiger partial charge in [0.25, 0.3) is 0 Å². The average Bonchev–Trinajstić information content (AvgIpc) is 2.99. The second kappa shape index (κ2) is 14.1. The molecule has 226 valence electrons. The lowest BCUT2D eigenvalue weighted by atomic mass is 9.81. The number of benzene rings is 2. The molecule has 4 rings (SSSR count). The molecule has 10 nitrogen and oxygen atoms in total. The Balaban J connectivity index is 1.25. The molecule has 0 bridgehead atoms. The number of carbonyl (C=O) groups excluding carboxylic acids is 4. The molecule has 12 heteroatoms. The van der Waals surface area contributed by atoms with Crippen LogP contribution in [0.2, 0.25) is 0 Å². The van der Waals surface area contributed by atoms with Crippen molar-refractivity contribution in [3.05, 3.63) is 65.7 Å². The third-order valence-corrected chi connectivity index (χ3v) is 7.71. The fourth-order valence-corrected chi connectivity index (χ4v) is 5.42. The van der Waals surface area contributed by atoms with Crippen molar-refractivity contribution in [2.45, 2.75) is 63.6 Å². The van der Waals surface area contributed by atoms with Crippen LogP contribution in [-0.4, -0.2) is 71.5 Å². The monoisotopic (exact) mass is 585 g/mol. The van der Waals surface area contributed by atoms with Gasteiger partial charge in [-0.2, -0.15) is 0 Å². The Kier molecular flexibility index (Phi) is 10.3. The predicted octanol–water partition coefficient (Wildman–Crippen LogP) is 4.17. The highest BCUT2D eigenvalue weighted by Gasteiger charge is 2.53. The number of piperazine rings is 1. The Morgan fingerprint density at radius 3 is 2.52 bits per heavy atom. The quantitative estimate of drug-likeness (QED) is 0.362. The number of alkyl carbamates (subject to hydrolysis) is 1. The number of hydrogen-bond acceptors (Lipinski definition) is 5. The molecule has 0 aromatic heterocycles. The van der Waals surface area contributed by atoms with E-state index in [1.807, 2.05) is 37.3 Å². The van der Waals surface area contributed by atoms with E-state index in [1.165, 1.54) is 4.90 Å². The maximum Gasteiger partial charge on any atom is 0.407 e. The van der Waals surface area contributed by atoms with Crippen LogP contribution in [0.3, 0.4) is 0 Å². The summed E-state index contributed by atoms with van der Waals surface area (Å²) in [5.74, 6) is -1.84. The van der Waals surface area contributed by atoms with Gasteiger partial charge in [0.2, 0.25) is 11.8 Å². The van der Waals surface area contributed by atoms with Gasteiger partial charge in [-0.1, -0.05) is 37.3 Å². The van der Waals surface area contributed by atoms with Crippen LogP contribution in [0.15, 0.2) is 48.5 Å². The van der Waals surface area contributed by atoms with Crippen molar-refractivity contribution in [2.75, 3.05) is 31.5 Å². The lowest BCUT2D eigenvalue weighted by Crippen LogP contribution is -2.73. The number of halogens is 2. The van der Waals surface area contributed by atoms with E-state index in [9.17, 15) is 28.0 Å². The second-order valence-corrected chi connectivity index (χ2v) is 10.6. The first kappa shape index (κ1) is 30.7. The minimum absolute atomic E-state index is 0.161. The maximum atomic E-state index is 14.0. The van der Waals surface area contributed by atoms with Gasteiger partial charge in [0, 0.05) is 32.2 Å². The van der Waals surface area contributed by atoms with Gasteiger partial charge in [-0.05, 0) is 56.2 Å². The van der Waals surface area contributed by atoms with Gasteiger partial charge in [-0.15, -0.1) is 0 Å². The van der Waals surface area contributed by atoms with Crippen LogP contribution in [0, 0.1) is 11.6 Å². The van der Waals surface area contributed by atoms with E-state index in [0.29, 0.717) is 38.8 Å².